The number of benzene rings is 2. The number of fused-ring (bicyclic) bond motifs is 1. The zero-order valence-electron chi connectivity index (χ0n) is 12.3. The second-order valence-corrected chi connectivity index (χ2v) is 8.17. The molecule has 3 N–H and O–H groups in total. The molecular weight excluding hydrogens is 359 g/mol. The summed E-state index contributed by atoms with van der Waals surface area (Å²) in [6, 6.07) is 16.9. The van der Waals surface area contributed by atoms with E-state index in [0.29, 0.717) is 5.25 Å². The Kier molecular flexibility index (Phi) is 6.11. The maximum atomic E-state index is 8.83. The number of halogens is 2. The van der Waals surface area contributed by atoms with Crippen molar-refractivity contribution in [2.45, 2.75) is 5.25 Å². The SMILES string of the molecule is C[S+]1C=Cc2ccccc2C1c1ccc(Cl)cc1.[O-][Cl+](O)(O)O. The summed E-state index contributed by atoms with van der Waals surface area (Å²) in [6.45, 7) is 0. The van der Waals surface area contributed by atoms with Crippen LogP contribution in [0.2, 0.25) is 5.02 Å². The fourth-order valence-electron chi connectivity index (χ4n) is 2.39. The van der Waals surface area contributed by atoms with Gasteiger partial charge in [-0.15, -0.1) is 0 Å². The van der Waals surface area contributed by atoms with Gasteiger partial charge in [0, 0.05) is 27.0 Å². The second-order valence-electron chi connectivity index (χ2n) is 4.90. The Morgan fingerprint density at radius 3 is 2.22 bits per heavy atom. The first-order valence-corrected chi connectivity index (χ1v) is 10.0. The molecular formula is C16H17Cl2O4S+. The van der Waals surface area contributed by atoms with Crippen LogP contribution in [0.25, 0.3) is 6.08 Å². The average Bonchev–Trinajstić information content (AvgIpc) is 2.47. The maximum absolute atomic E-state index is 8.83. The standard InChI is InChI=1S/C16H14ClS.ClH3O4/c1-18-11-10-12-4-2-3-5-15(12)16(18)13-6-8-14(17)9-7-13;2-1(3,4)5/h2-11,16H,1H3;2-4H/q+1;. The van der Waals surface area contributed by atoms with Gasteiger partial charge in [0.1, 0.15) is 11.7 Å². The van der Waals surface area contributed by atoms with Crippen molar-refractivity contribution < 1.29 is 28.9 Å². The zero-order chi connectivity index (χ0) is 17.0. The zero-order valence-corrected chi connectivity index (χ0v) is 14.6. The van der Waals surface area contributed by atoms with Crippen LogP contribution in [-0.4, -0.2) is 20.2 Å². The molecule has 7 heteroatoms. The van der Waals surface area contributed by atoms with Gasteiger partial charge in [-0.2, -0.15) is 0 Å². The summed E-state index contributed by atoms with van der Waals surface area (Å²) in [5, 5.41) is 3.58. The predicted octanol–water partition coefficient (Wildman–Crippen LogP) is 1.80. The molecule has 1 heterocycles. The van der Waals surface area contributed by atoms with E-state index >= 15 is 0 Å². The van der Waals surface area contributed by atoms with E-state index < -0.39 is 10.2 Å². The molecule has 0 amide bonds. The van der Waals surface area contributed by atoms with Crippen LogP contribution in [0.1, 0.15) is 21.9 Å². The topological polar surface area (TPSA) is 83.8 Å². The first-order valence-electron chi connectivity index (χ1n) is 6.58. The minimum absolute atomic E-state index is 0.229. The van der Waals surface area contributed by atoms with E-state index in [-0.39, 0.29) is 10.9 Å². The Balaban J connectivity index is 0.000000338. The monoisotopic (exact) mass is 375 g/mol. The van der Waals surface area contributed by atoms with Crippen LogP contribution in [0.5, 0.6) is 0 Å². The molecule has 2 unspecified atom stereocenters. The fourth-order valence-corrected chi connectivity index (χ4v) is 4.24. The van der Waals surface area contributed by atoms with Crippen LogP contribution in [0.4, 0.5) is 0 Å². The van der Waals surface area contributed by atoms with Crippen molar-refractivity contribution >= 4 is 28.6 Å². The predicted molar refractivity (Wildman–Crippen MR) is 88.7 cm³/mol. The third-order valence-corrected chi connectivity index (χ3v) is 5.37. The van der Waals surface area contributed by atoms with Crippen LogP contribution in [0.15, 0.2) is 53.9 Å². The van der Waals surface area contributed by atoms with Crippen molar-refractivity contribution in [1.82, 2.24) is 0 Å². The average molecular weight is 376 g/mol. The molecule has 2 atom stereocenters. The van der Waals surface area contributed by atoms with Crippen LogP contribution in [0, 0.1) is 10.2 Å². The Morgan fingerprint density at radius 2 is 1.61 bits per heavy atom. The summed E-state index contributed by atoms with van der Waals surface area (Å²) in [4.78, 5) is 0. The van der Waals surface area contributed by atoms with E-state index in [9.17, 15) is 0 Å². The van der Waals surface area contributed by atoms with Crippen LogP contribution in [0.3, 0.4) is 0 Å². The van der Waals surface area contributed by atoms with Crippen LogP contribution < -0.4 is 4.66 Å². The second kappa shape index (κ2) is 7.68. The first kappa shape index (κ1) is 18.3. The van der Waals surface area contributed by atoms with E-state index in [4.69, 9.17) is 30.2 Å². The van der Waals surface area contributed by atoms with E-state index in [1.165, 1.54) is 16.7 Å². The van der Waals surface area contributed by atoms with Crippen LogP contribution in [-0.2, 0) is 10.9 Å². The molecule has 0 saturated heterocycles. The van der Waals surface area contributed by atoms with Gasteiger partial charge in [-0.3, -0.25) is 0 Å². The van der Waals surface area contributed by atoms with Crippen molar-refractivity contribution in [1.29, 1.82) is 0 Å². The van der Waals surface area contributed by atoms with Crippen molar-refractivity contribution in [2.24, 2.45) is 0 Å². The van der Waals surface area contributed by atoms with Gasteiger partial charge in [0.05, 0.1) is 0 Å². The summed E-state index contributed by atoms with van der Waals surface area (Å²) < 4.78 is 30.2. The molecule has 2 aromatic carbocycles. The summed E-state index contributed by atoms with van der Waals surface area (Å²) >= 11 is 5.98. The van der Waals surface area contributed by atoms with Gasteiger partial charge >= 0.3 is 28.9 Å². The quantitative estimate of drug-likeness (QED) is 0.663. The third kappa shape index (κ3) is 5.51. The minimum atomic E-state index is -4.19. The number of rotatable bonds is 1. The van der Waals surface area contributed by atoms with Gasteiger partial charge in [-0.1, -0.05) is 48.0 Å². The van der Waals surface area contributed by atoms with Crippen molar-refractivity contribution in [3.8, 4) is 0 Å². The van der Waals surface area contributed by atoms with Crippen LogP contribution >= 0.6 is 11.6 Å². The van der Waals surface area contributed by atoms with Gasteiger partial charge < -0.3 is 0 Å². The molecule has 0 spiro atoms. The van der Waals surface area contributed by atoms with Crippen molar-refractivity contribution in [3.63, 3.8) is 0 Å². The third-order valence-electron chi connectivity index (χ3n) is 3.29. The first-order chi connectivity index (χ1) is 10.8. The van der Waals surface area contributed by atoms with Gasteiger partial charge in [-0.25, -0.2) is 0 Å². The van der Waals surface area contributed by atoms with E-state index in [1.54, 1.807) is 0 Å². The molecule has 124 valence electrons. The van der Waals surface area contributed by atoms with Gasteiger partial charge in [0.15, 0.2) is 5.25 Å². The molecule has 0 saturated carbocycles. The van der Waals surface area contributed by atoms with Gasteiger partial charge in [0.2, 0.25) is 0 Å². The van der Waals surface area contributed by atoms with E-state index in [2.05, 4.69) is 54.1 Å². The normalized spacial score (nSPS) is 20.3. The molecule has 3 rings (SSSR count). The molecule has 1 aliphatic rings. The molecule has 0 bridgehead atoms. The summed E-state index contributed by atoms with van der Waals surface area (Å²) in [6.07, 6.45) is 4.54. The Bertz CT molecular complexity index is 677. The number of hydrogen-bond donors (Lipinski definition) is 3. The van der Waals surface area contributed by atoms with Gasteiger partial charge in [0.25, 0.3) is 0 Å². The molecule has 0 radical (unpaired) electrons. The fraction of sp³-hybridized carbons (Fsp3) is 0.125. The van der Waals surface area contributed by atoms with E-state index in [0.717, 1.165) is 5.02 Å². The van der Waals surface area contributed by atoms with Crippen molar-refractivity contribution in [3.05, 3.63) is 75.7 Å². The Labute approximate surface area is 144 Å². The summed E-state index contributed by atoms with van der Waals surface area (Å²) in [5.41, 5.74) is 4.11. The Morgan fingerprint density at radius 1 is 1.04 bits per heavy atom. The molecule has 1 aliphatic heterocycles. The number of hydrogen-bond acceptors (Lipinski definition) is 4. The van der Waals surface area contributed by atoms with E-state index in [1.807, 2.05) is 12.1 Å². The van der Waals surface area contributed by atoms with Gasteiger partial charge in [-0.05, 0) is 23.8 Å². The summed E-state index contributed by atoms with van der Waals surface area (Å²) in [7, 11) is -3.97. The molecule has 23 heavy (non-hydrogen) atoms. The molecule has 0 fully saturated rings. The molecule has 4 nitrogen and oxygen atoms in total. The molecule has 0 aliphatic carbocycles. The summed E-state index contributed by atoms with van der Waals surface area (Å²) in [5.74, 6) is 0. The van der Waals surface area contributed by atoms with Crippen molar-refractivity contribution in [2.75, 3.05) is 6.26 Å². The molecule has 0 aromatic heterocycles. The Hall–Kier alpha value is -1.05. The molecule has 2 aromatic rings.